The van der Waals surface area contributed by atoms with E-state index in [0.717, 1.165) is 42.7 Å². The topological polar surface area (TPSA) is 83.4 Å². The lowest BCUT2D eigenvalue weighted by atomic mass is 9.91. The van der Waals surface area contributed by atoms with Crippen molar-refractivity contribution in [2.45, 2.75) is 38.1 Å². The number of carbonyl (C=O) groups is 2. The Labute approximate surface area is 216 Å². The van der Waals surface area contributed by atoms with Crippen LogP contribution in [0.3, 0.4) is 0 Å². The number of ketones is 1. The Kier molecular flexibility index (Phi) is 9.07. The van der Waals surface area contributed by atoms with E-state index in [2.05, 4.69) is 44.2 Å². The highest BCUT2D eigenvalue weighted by atomic mass is 19.1. The predicted octanol–water partition coefficient (Wildman–Crippen LogP) is 2.92. The van der Waals surface area contributed by atoms with E-state index in [0.29, 0.717) is 12.6 Å². The van der Waals surface area contributed by atoms with Crippen molar-refractivity contribution in [1.29, 1.82) is 0 Å². The van der Waals surface area contributed by atoms with Gasteiger partial charge in [0, 0.05) is 63.3 Å². The molecule has 0 bridgehead atoms. The van der Waals surface area contributed by atoms with Gasteiger partial charge in [0.15, 0.2) is 0 Å². The highest BCUT2D eigenvalue weighted by Crippen LogP contribution is 2.22. The van der Waals surface area contributed by atoms with Gasteiger partial charge in [-0.3, -0.25) is 14.5 Å². The largest absolute Gasteiger partial charge is 0.379 e. The Morgan fingerprint density at radius 2 is 1.70 bits per heavy atom. The van der Waals surface area contributed by atoms with Crippen LogP contribution in [0.25, 0.3) is 0 Å². The van der Waals surface area contributed by atoms with Gasteiger partial charge in [0.05, 0.1) is 11.8 Å². The van der Waals surface area contributed by atoms with E-state index in [-0.39, 0.29) is 24.6 Å². The zero-order valence-corrected chi connectivity index (χ0v) is 21.1. The molecule has 0 spiro atoms. The normalized spacial score (nSPS) is 17.5. The molecule has 2 aromatic rings. The summed E-state index contributed by atoms with van der Waals surface area (Å²) < 4.78 is 18.6. The smallest absolute Gasteiger partial charge is 0.320 e. The molecule has 0 aliphatic carbocycles. The fourth-order valence-electron chi connectivity index (χ4n) is 4.27. The molecule has 0 saturated carbocycles. The van der Waals surface area contributed by atoms with Crippen molar-refractivity contribution in [1.82, 2.24) is 10.2 Å². The van der Waals surface area contributed by atoms with E-state index >= 15 is 0 Å². The molecule has 2 aromatic carbocycles. The third kappa shape index (κ3) is 7.49. The molecule has 8 heteroatoms. The van der Waals surface area contributed by atoms with E-state index < -0.39 is 17.9 Å². The first-order valence-electron chi connectivity index (χ1n) is 12.4. The number of likely N-dealkylation sites (tertiary alicyclic amines) is 1. The number of hydrogen-bond donors (Lipinski definition) is 1. The van der Waals surface area contributed by atoms with Gasteiger partial charge in [-0.15, -0.1) is 0 Å². The van der Waals surface area contributed by atoms with Gasteiger partial charge in [-0.05, 0) is 42.3 Å². The van der Waals surface area contributed by atoms with Crippen LogP contribution in [0, 0.1) is 11.8 Å². The molecule has 2 aliphatic rings. The van der Waals surface area contributed by atoms with Gasteiger partial charge in [-0.1, -0.05) is 36.1 Å². The van der Waals surface area contributed by atoms with Crippen molar-refractivity contribution < 1.29 is 18.7 Å². The second kappa shape index (κ2) is 12.6. The summed E-state index contributed by atoms with van der Waals surface area (Å²) in [7, 11) is 1.75. The Bertz CT molecular complexity index is 1220. The Hall–Kier alpha value is -3.51. The summed E-state index contributed by atoms with van der Waals surface area (Å²) in [5, 5.41) is 3.09. The predicted molar refractivity (Wildman–Crippen MR) is 142 cm³/mol. The fraction of sp³-hybridized carbons (Fsp3) is 0.379. The van der Waals surface area contributed by atoms with E-state index in [9.17, 15) is 14.0 Å². The molecule has 192 valence electrons. The number of nitrogens with one attached hydrogen (secondary N) is 1. The van der Waals surface area contributed by atoms with Crippen LogP contribution < -0.4 is 5.32 Å². The van der Waals surface area contributed by atoms with Crippen LogP contribution in [-0.2, 0) is 20.9 Å². The van der Waals surface area contributed by atoms with Crippen LogP contribution >= 0.6 is 0 Å². The molecule has 1 N–H and O–H groups in total. The molecule has 0 radical (unpaired) electrons. The van der Waals surface area contributed by atoms with Crippen LogP contribution in [-0.4, -0.2) is 74.2 Å². The average Bonchev–Trinajstić information content (AvgIpc) is 2.87. The van der Waals surface area contributed by atoms with Gasteiger partial charge < -0.3 is 10.1 Å². The number of carbonyl (C=O) groups excluding carboxylic acids is 2. The summed E-state index contributed by atoms with van der Waals surface area (Å²) in [4.78, 5) is 33.6. The molecule has 4 rings (SSSR count). The van der Waals surface area contributed by atoms with Crippen LogP contribution in [0.1, 0.15) is 41.5 Å². The van der Waals surface area contributed by atoms with Gasteiger partial charge in [-0.2, -0.15) is 4.99 Å². The van der Waals surface area contributed by atoms with Crippen LogP contribution in [0.4, 0.5) is 4.39 Å². The molecule has 2 heterocycles. The first-order chi connectivity index (χ1) is 17.9. The summed E-state index contributed by atoms with van der Waals surface area (Å²) in [6, 6.07) is 16.0. The van der Waals surface area contributed by atoms with Gasteiger partial charge in [-0.25, -0.2) is 9.38 Å². The highest BCUT2D eigenvalue weighted by Gasteiger charge is 2.27. The highest BCUT2D eigenvalue weighted by molar-refractivity contribution is 6.66. The fourth-order valence-corrected chi connectivity index (χ4v) is 4.27. The summed E-state index contributed by atoms with van der Waals surface area (Å²) in [6.45, 7) is 4.97. The van der Waals surface area contributed by atoms with E-state index in [1.54, 1.807) is 7.11 Å². The lowest BCUT2D eigenvalue weighted by molar-refractivity contribution is -0.132. The zero-order chi connectivity index (χ0) is 26.2. The number of nitrogens with zero attached hydrogens (tertiary/aromatic N) is 3. The Morgan fingerprint density at radius 3 is 2.32 bits per heavy atom. The second-order valence-corrected chi connectivity index (χ2v) is 9.42. The van der Waals surface area contributed by atoms with E-state index in [1.165, 1.54) is 12.5 Å². The van der Waals surface area contributed by atoms with Crippen molar-refractivity contribution in [3.8, 4) is 11.8 Å². The number of halogens is 1. The van der Waals surface area contributed by atoms with Gasteiger partial charge in [0.2, 0.25) is 0 Å². The maximum absolute atomic E-state index is 13.3. The summed E-state index contributed by atoms with van der Waals surface area (Å²) >= 11 is 0. The zero-order valence-electron chi connectivity index (χ0n) is 21.1. The maximum Gasteiger partial charge on any atom is 0.320 e. The lowest BCUT2D eigenvalue weighted by Gasteiger charge is -2.38. The SMILES string of the molecule is COC1CN(Cc2ccc(C#Cc3ccc(C(CNCC(C)F)CC4=NC=NC(=O)C4=O)cc3)cc2)C1. The van der Waals surface area contributed by atoms with Gasteiger partial charge >= 0.3 is 5.91 Å². The van der Waals surface area contributed by atoms with Crippen molar-refractivity contribution >= 4 is 23.7 Å². The molecule has 1 saturated heterocycles. The third-order valence-corrected chi connectivity index (χ3v) is 6.45. The number of hydrogen-bond acceptors (Lipinski definition) is 6. The summed E-state index contributed by atoms with van der Waals surface area (Å²) in [5.41, 5.74) is 4.16. The number of Topliss-reactive ketones (excluding diaryl/α,β-unsaturated/α-hetero) is 1. The molecule has 2 atom stereocenters. The maximum atomic E-state index is 13.3. The molecular weight excluding hydrogens is 471 g/mol. The number of rotatable bonds is 10. The molecule has 0 aromatic heterocycles. The molecule has 2 aliphatic heterocycles. The molecule has 1 fully saturated rings. The minimum atomic E-state index is -0.992. The Balaban J connectivity index is 1.39. The van der Waals surface area contributed by atoms with Crippen molar-refractivity contribution in [3.63, 3.8) is 0 Å². The van der Waals surface area contributed by atoms with Crippen LogP contribution in [0.15, 0.2) is 58.5 Å². The first kappa shape index (κ1) is 26.6. The molecule has 7 nitrogen and oxygen atoms in total. The minimum Gasteiger partial charge on any atom is -0.379 e. The van der Waals surface area contributed by atoms with E-state index in [4.69, 9.17) is 4.74 Å². The molecule has 1 amide bonds. The quantitative estimate of drug-likeness (QED) is 0.399. The van der Waals surface area contributed by atoms with Crippen molar-refractivity contribution in [2.75, 3.05) is 33.3 Å². The minimum absolute atomic E-state index is 0.166. The second-order valence-electron chi connectivity index (χ2n) is 9.42. The third-order valence-electron chi connectivity index (χ3n) is 6.45. The van der Waals surface area contributed by atoms with Gasteiger partial charge in [0.1, 0.15) is 12.5 Å². The molecule has 37 heavy (non-hydrogen) atoms. The van der Waals surface area contributed by atoms with Crippen LogP contribution in [0.5, 0.6) is 0 Å². The molecular formula is C29H31FN4O3. The first-order valence-corrected chi connectivity index (χ1v) is 12.4. The van der Waals surface area contributed by atoms with Crippen molar-refractivity contribution in [3.05, 3.63) is 70.8 Å². The number of methoxy groups -OCH3 is 1. The number of ether oxygens (including phenoxy) is 1. The number of alkyl halides is 1. The van der Waals surface area contributed by atoms with E-state index in [1.807, 2.05) is 36.4 Å². The number of aliphatic imine (C=N–C) groups is 2. The lowest BCUT2D eigenvalue weighted by Crippen LogP contribution is -2.50. The standard InChI is InChI=1S/C29H31FN4O3/c1-20(30)14-31-15-25(13-27-28(35)29(36)33-19-32-27)24-11-9-22(10-12-24)4-3-21-5-7-23(8-6-21)16-34-17-26(18-34)37-2/h5-12,19-20,25-26,31H,13-18H2,1-2H3. The Morgan fingerprint density at radius 1 is 1.05 bits per heavy atom. The van der Waals surface area contributed by atoms with Gasteiger partial charge in [0.25, 0.3) is 5.78 Å². The number of amides is 1. The van der Waals surface area contributed by atoms with Crippen LogP contribution in [0.2, 0.25) is 0 Å². The summed E-state index contributed by atoms with van der Waals surface area (Å²) in [5.74, 6) is 4.73. The summed E-state index contributed by atoms with van der Waals surface area (Å²) in [6.07, 6.45) is 0.725. The van der Waals surface area contributed by atoms with Crippen molar-refractivity contribution in [2.24, 2.45) is 9.98 Å². The molecule has 2 unspecified atom stereocenters. The monoisotopic (exact) mass is 502 g/mol. The average molecular weight is 503 g/mol. The number of benzene rings is 2.